The van der Waals surface area contributed by atoms with E-state index in [2.05, 4.69) is 16.3 Å². The number of benzene rings is 2. The highest BCUT2D eigenvalue weighted by molar-refractivity contribution is 6.32. The standard InChI is InChI=1S/C20H19ClFN3O/c1-3-16-18(21)12-17(13(2)26)19(14-7-6-8-15(22)11-14)20(16)23-24-25-9-4-5-10-25/h1,6-8,11-13,26H,4-5,9-10H2,2H3/t13-/m1/s1. The van der Waals surface area contributed by atoms with Gasteiger partial charge in [0.2, 0.25) is 0 Å². The third-order valence-electron chi connectivity index (χ3n) is 4.34. The molecule has 0 aliphatic carbocycles. The molecule has 26 heavy (non-hydrogen) atoms. The third-order valence-corrected chi connectivity index (χ3v) is 4.64. The topological polar surface area (TPSA) is 48.2 Å². The van der Waals surface area contributed by atoms with Crippen molar-refractivity contribution < 1.29 is 9.50 Å². The second-order valence-electron chi connectivity index (χ2n) is 6.23. The van der Waals surface area contributed by atoms with Gasteiger partial charge >= 0.3 is 0 Å². The molecule has 6 heteroatoms. The minimum Gasteiger partial charge on any atom is -0.389 e. The number of hydrogen-bond donors (Lipinski definition) is 1. The highest BCUT2D eigenvalue weighted by Gasteiger charge is 2.21. The van der Waals surface area contributed by atoms with Crippen molar-refractivity contribution in [2.45, 2.75) is 25.9 Å². The summed E-state index contributed by atoms with van der Waals surface area (Å²) in [6, 6.07) is 7.69. The summed E-state index contributed by atoms with van der Waals surface area (Å²) in [7, 11) is 0. The first-order valence-corrected chi connectivity index (χ1v) is 8.82. The lowest BCUT2D eigenvalue weighted by atomic mass is 9.92. The van der Waals surface area contributed by atoms with E-state index in [1.807, 2.05) is 5.01 Å². The van der Waals surface area contributed by atoms with Gasteiger partial charge in [0.25, 0.3) is 0 Å². The largest absolute Gasteiger partial charge is 0.389 e. The fraction of sp³-hybridized carbons (Fsp3) is 0.300. The van der Waals surface area contributed by atoms with Gasteiger partial charge in [0.1, 0.15) is 11.5 Å². The van der Waals surface area contributed by atoms with Gasteiger partial charge in [-0.05, 0) is 49.1 Å². The molecule has 0 bridgehead atoms. The average molecular weight is 372 g/mol. The Labute approximate surface area is 157 Å². The number of halogens is 2. The molecule has 2 aromatic carbocycles. The van der Waals surface area contributed by atoms with Gasteiger partial charge in [-0.15, -0.1) is 11.5 Å². The van der Waals surface area contributed by atoms with Crippen LogP contribution in [0.5, 0.6) is 0 Å². The zero-order valence-corrected chi connectivity index (χ0v) is 15.2. The number of hydrogen-bond acceptors (Lipinski definition) is 3. The van der Waals surface area contributed by atoms with Crippen LogP contribution in [0.25, 0.3) is 11.1 Å². The van der Waals surface area contributed by atoms with E-state index in [0.717, 1.165) is 25.9 Å². The summed E-state index contributed by atoms with van der Waals surface area (Å²) in [6.45, 7) is 3.27. The van der Waals surface area contributed by atoms with Crippen molar-refractivity contribution in [1.29, 1.82) is 0 Å². The summed E-state index contributed by atoms with van der Waals surface area (Å²) in [5, 5.41) is 21.0. The molecule has 0 amide bonds. The first kappa shape index (κ1) is 18.4. The molecular weight excluding hydrogens is 353 g/mol. The summed E-state index contributed by atoms with van der Waals surface area (Å²) in [5.74, 6) is 2.16. The smallest absolute Gasteiger partial charge is 0.123 e. The van der Waals surface area contributed by atoms with Gasteiger partial charge in [-0.3, -0.25) is 5.01 Å². The Bertz CT molecular complexity index is 883. The van der Waals surface area contributed by atoms with Crippen LogP contribution in [0.15, 0.2) is 40.7 Å². The highest BCUT2D eigenvalue weighted by Crippen LogP contribution is 2.43. The molecule has 3 rings (SSSR count). The van der Waals surface area contributed by atoms with Gasteiger partial charge in [-0.1, -0.05) is 34.9 Å². The van der Waals surface area contributed by atoms with E-state index in [1.165, 1.54) is 12.1 Å². The molecule has 0 aromatic heterocycles. The molecule has 1 atom stereocenters. The molecule has 2 aromatic rings. The van der Waals surface area contributed by atoms with Crippen molar-refractivity contribution in [1.82, 2.24) is 5.01 Å². The molecule has 0 unspecified atom stereocenters. The van der Waals surface area contributed by atoms with E-state index in [1.54, 1.807) is 25.1 Å². The quantitative estimate of drug-likeness (QED) is 0.587. The number of aliphatic hydroxyl groups excluding tert-OH is 1. The maximum atomic E-state index is 13.8. The monoisotopic (exact) mass is 371 g/mol. The van der Waals surface area contributed by atoms with E-state index in [4.69, 9.17) is 18.0 Å². The average Bonchev–Trinajstić information content (AvgIpc) is 3.12. The van der Waals surface area contributed by atoms with Gasteiger partial charge in [-0.25, -0.2) is 4.39 Å². The van der Waals surface area contributed by atoms with Crippen LogP contribution in [0.3, 0.4) is 0 Å². The van der Waals surface area contributed by atoms with E-state index in [9.17, 15) is 9.50 Å². The van der Waals surface area contributed by atoms with Crippen LogP contribution < -0.4 is 0 Å². The Morgan fingerprint density at radius 3 is 2.65 bits per heavy atom. The van der Waals surface area contributed by atoms with Crippen molar-refractivity contribution in [2.24, 2.45) is 10.3 Å². The maximum Gasteiger partial charge on any atom is 0.123 e. The predicted octanol–water partition coefficient (Wildman–Crippen LogP) is 5.28. The van der Waals surface area contributed by atoms with Gasteiger partial charge in [-0.2, -0.15) is 0 Å². The highest BCUT2D eigenvalue weighted by atomic mass is 35.5. The Hall–Kier alpha value is -2.42. The van der Waals surface area contributed by atoms with Crippen molar-refractivity contribution in [3.05, 3.63) is 52.3 Å². The van der Waals surface area contributed by atoms with Gasteiger partial charge < -0.3 is 5.11 Å². The Morgan fingerprint density at radius 2 is 2.04 bits per heavy atom. The lowest BCUT2D eigenvalue weighted by Gasteiger charge is -2.18. The van der Waals surface area contributed by atoms with Crippen molar-refractivity contribution in [3.63, 3.8) is 0 Å². The molecule has 1 N–H and O–H groups in total. The van der Waals surface area contributed by atoms with Crippen LogP contribution in [-0.2, 0) is 0 Å². The molecule has 0 radical (unpaired) electrons. The fourth-order valence-corrected chi connectivity index (χ4v) is 3.33. The van der Waals surface area contributed by atoms with Crippen LogP contribution in [0.2, 0.25) is 5.02 Å². The van der Waals surface area contributed by atoms with E-state index in [0.29, 0.717) is 33.0 Å². The molecule has 1 fully saturated rings. The lowest BCUT2D eigenvalue weighted by molar-refractivity contribution is 0.200. The minimum atomic E-state index is -0.835. The Morgan fingerprint density at radius 1 is 1.31 bits per heavy atom. The molecular formula is C20H19ClFN3O. The van der Waals surface area contributed by atoms with Crippen LogP contribution in [0, 0.1) is 18.2 Å². The van der Waals surface area contributed by atoms with Gasteiger partial charge in [0.15, 0.2) is 0 Å². The molecule has 1 saturated heterocycles. The van der Waals surface area contributed by atoms with Gasteiger partial charge in [0, 0.05) is 18.7 Å². The molecule has 1 heterocycles. The van der Waals surface area contributed by atoms with Crippen LogP contribution in [0.4, 0.5) is 10.1 Å². The SMILES string of the molecule is C#Cc1c(Cl)cc([C@@H](C)O)c(-c2cccc(F)c2)c1N=NN1CCCC1. The zero-order chi connectivity index (χ0) is 18.7. The second-order valence-corrected chi connectivity index (χ2v) is 6.63. The number of terminal acetylenes is 1. The van der Waals surface area contributed by atoms with E-state index in [-0.39, 0.29) is 0 Å². The third kappa shape index (κ3) is 3.72. The van der Waals surface area contributed by atoms with Crippen LogP contribution >= 0.6 is 11.6 Å². The summed E-state index contributed by atoms with van der Waals surface area (Å²) < 4.78 is 13.8. The zero-order valence-electron chi connectivity index (χ0n) is 14.4. The lowest BCUT2D eigenvalue weighted by Crippen LogP contribution is -2.09. The molecule has 1 aliphatic rings. The van der Waals surface area contributed by atoms with Crippen molar-refractivity contribution >= 4 is 17.3 Å². The molecule has 1 aliphatic heterocycles. The minimum absolute atomic E-state index is 0.305. The summed E-state index contributed by atoms with van der Waals surface area (Å²) in [6.07, 6.45) is 6.94. The normalized spacial score (nSPS) is 15.4. The maximum absolute atomic E-state index is 13.8. The molecule has 134 valence electrons. The number of rotatable bonds is 4. The number of nitrogens with zero attached hydrogens (tertiary/aromatic N) is 3. The first-order chi connectivity index (χ1) is 12.5. The van der Waals surface area contributed by atoms with Crippen LogP contribution in [-0.4, -0.2) is 23.2 Å². The number of aliphatic hydroxyl groups is 1. The van der Waals surface area contributed by atoms with Crippen molar-refractivity contribution in [2.75, 3.05) is 13.1 Å². The molecule has 0 spiro atoms. The van der Waals surface area contributed by atoms with Gasteiger partial charge in [0.05, 0.1) is 16.7 Å². The second kappa shape index (κ2) is 7.86. The molecule has 0 saturated carbocycles. The van der Waals surface area contributed by atoms with E-state index >= 15 is 0 Å². The summed E-state index contributed by atoms with van der Waals surface area (Å²) >= 11 is 6.32. The van der Waals surface area contributed by atoms with E-state index < -0.39 is 11.9 Å². The van der Waals surface area contributed by atoms with Crippen molar-refractivity contribution in [3.8, 4) is 23.5 Å². The predicted molar refractivity (Wildman–Crippen MR) is 101 cm³/mol. The Kier molecular flexibility index (Phi) is 5.55. The first-order valence-electron chi connectivity index (χ1n) is 8.45. The Balaban J connectivity index is 2.25. The fourth-order valence-electron chi connectivity index (χ4n) is 3.07. The summed E-state index contributed by atoms with van der Waals surface area (Å²) in [5.41, 5.74) is 2.37. The molecule has 4 nitrogen and oxygen atoms in total. The van der Waals surface area contributed by atoms with Crippen LogP contribution in [0.1, 0.15) is 37.0 Å². The summed E-state index contributed by atoms with van der Waals surface area (Å²) in [4.78, 5) is 0.